The summed E-state index contributed by atoms with van der Waals surface area (Å²) < 4.78 is 10.9. The number of hydrogen-bond acceptors (Lipinski definition) is 4. The van der Waals surface area contributed by atoms with Gasteiger partial charge in [0.15, 0.2) is 11.5 Å². The topological polar surface area (TPSA) is 84.9 Å². The van der Waals surface area contributed by atoms with Gasteiger partial charge in [0.2, 0.25) is 5.91 Å². The molecule has 0 aromatic heterocycles. The fourth-order valence-corrected chi connectivity index (χ4v) is 2.68. The van der Waals surface area contributed by atoms with Gasteiger partial charge in [0.05, 0.1) is 11.4 Å². The number of carbonyl (C=O) groups is 2. The SMILES string of the molecule is CC(C)C[C@@H](NC(=O)Cc1cc(Cl)c2c(c1)OCCO2)C(=O)O. The number of amides is 1. The minimum atomic E-state index is -1.03. The number of benzene rings is 1. The first-order chi connectivity index (χ1) is 10.9. The van der Waals surface area contributed by atoms with Gasteiger partial charge in [-0.25, -0.2) is 4.79 Å². The smallest absolute Gasteiger partial charge is 0.326 e. The van der Waals surface area contributed by atoms with Crippen LogP contribution in [0.3, 0.4) is 0 Å². The van der Waals surface area contributed by atoms with E-state index in [1.165, 1.54) is 0 Å². The second-order valence-corrected chi connectivity index (χ2v) is 6.27. The second-order valence-electron chi connectivity index (χ2n) is 5.87. The van der Waals surface area contributed by atoms with E-state index in [1.54, 1.807) is 12.1 Å². The summed E-state index contributed by atoms with van der Waals surface area (Å²) in [5, 5.41) is 12.1. The van der Waals surface area contributed by atoms with E-state index in [0.29, 0.717) is 41.7 Å². The lowest BCUT2D eigenvalue weighted by Crippen LogP contribution is -2.42. The van der Waals surface area contributed by atoms with Crippen molar-refractivity contribution in [2.45, 2.75) is 32.7 Å². The Hall–Kier alpha value is -1.95. The molecule has 0 aliphatic carbocycles. The third kappa shape index (κ3) is 4.76. The Labute approximate surface area is 139 Å². The van der Waals surface area contributed by atoms with Gasteiger partial charge in [-0.1, -0.05) is 25.4 Å². The predicted molar refractivity (Wildman–Crippen MR) is 85.2 cm³/mol. The molecule has 1 aromatic carbocycles. The average Bonchev–Trinajstić information content (AvgIpc) is 2.46. The molecule has 1 heterocycles. The standard InChI is InChI=1S/C16H20ClNO5/c1-9(2)5-12(16(20)21)18-14(19)8-10-6-11(17)15-13(7-10)22-3-4-23-15/h6-7,9,12H,3-5,8H2,1-2H3,(H,18,19)(H,20,21)/t12-/m1/s1. The van der Waals surface area contributed by atoms with Gasteiger partial charge in [0.1, 0.15) is 19.3 Å². The minimum absolute atomic E-state index is 0.0260. The number of hydrogen-bond donors (Lipinski definition) is 2. The minimum Gasteiger partial charge on any atom is -0.486 e. The third-order valence-corrected chi connectivity index (χ3v) is 3.64. The van der Waals surface area contributed by atoms with Gasteiger partial charge in [-0.2, -0.15) is 0 Å². The van der Waals surface area contributed by atoms with Crippen molar-refractivity contribution in [3.8, 4) is 11.5 Å². The van der Waals surface area contributed by atoms with E-state index in [-0.39, 0.29) is 18.2 Å². The van der Waals surface area contributed by atoms with Crippen molar-refractivity contribution in [2.75, 3.05) is 13.2 Å². The van der Waals surface area contributed by atoms with Crippen molar-refractivity contribution in [1.82, 2.24) is 5.32 Å². The highest BCUT2D eigenvalue weighted by Gasteiger charge is 2.22. The van der Waals surface area contributed by atoms with Gasteiger partial charge >= 0.3 is 5.97 Å². The summed E-state index contributed by atoms with van der Waals surface area (Å²) in [6.07, 6.45) is 0.404. The van der Waals surface area contributed by atoms with Crippen molar-refractivity contribution >= 4 is 23.5 Å². The van der Waals surface area contributed by atoms with Crippen molar-refractivity contribution in [2.24, 2.45) is 5.92 Å². The molecule has 0 bridgehead atoms. The summed E-state index contributed by atoms with van der Waals surface area (Å²) in [6, 6.07) is 2.43. The third-order valence-electron chi connectivity index (χ3n) is 3.36. The molecule has 6 nitrogen and oxygen atoms in total. The van der Waals surface area contributed by atoms with Crippen LogP contribution in [0.2, 0.25) is 5.02 Å². The molecule has 0 unspecified atom stereocenters. The van der Waals surface area contributed by atoms with Crippen LogP contribution in [0.15, 0.2) is 12.1 Å². The zero-order chi connectivity index (χ0) is 17.0. The highest BCUT2D eigenvalue weighted by molar-refractivity contribution is 6.32. The first-order valence-electron chi connectivity index (χ1n) is 7.47. The summed E-state index contributed by atoms with van der Waals surface area (Å²) >= 11 is 6.12. The van der Waals surface area contributed by atoms with Gasteiger partial charge in [0, 0.05) is 0 Å². The number of ether oxygens (including phenoxy) is 2. The summed E-state index contributed by atoms with van der Waals surface area (Å²) in [5.74, 6) is -0.257. The normalized spacial score (nSPS) is 14.4. The fraction of sp³-hybridized carbons (Fsp3) is 0.500. The molecule has 0 spiro atoms. The number of halogens is 1. The van der Waals surface area contributed by atoms with Crippen LogP contribution in [0.5, 0.6) is 11.5 Å². The van der Waals surface area contributed by atoms with Gasteiger partial charge in [-0.05, 0) is 30.0 Å². The first kappa shape index (κ1) is 17.4. The van der Waals surface area contributed by atoms with E-state index < -0.39 is 12.0 Å². The van der Waals surface area contributed by atoms with Crippen LogP contribution in [0.1, 0.15) is 25.8 Å². The quantitative estimate of drug-likeness (QED) is 0.829. The zero-order valence-electron chi connectivity index (χ0n) is 13.1. The van der Waals surface area contributed by atoms with Crippen LogP contribution in [0.25, 0.3) is 0 Å². The molecule has 0 saturated carbocycles. The lowest BCUT2D eigenvalue weighted by atomic mass is 10.0. The molecule has 1 aromatic rings. The van der Waals surface area contributed by atoms with E-state index in [9.17, 15) is 9.59 Å². The molecule has 0 fully saturated rings. The van der Waals surface area contributed by atoms with E-state index in [4.69, 9.17) is 26.2 Å². The van der Waals surface area contributed by atoms with Crippen molar-refractivity contribution in [1.29, 1.82) is 0 Å². The number of carboxylic acid groups (broad SMARTS) is 1. The van der Waals surface area contributed by atoms with E-state index in [2.05, 4.69) is 5.32 Å². The number of aliphatic carboxylic acids is 1. The fourth-order valence-electron chi connectivity index (χ4n) is 2.39. The zero-order valence-corrected chi connectivity index (χ0v) is 13.9. The van der Waals surface area contributed by atoms with Gasteiger partial charge in [0.25, 0.3) is 0 Å². The number of carboxylic acids is 1. The monoisotopic (exact) mass is 341 g/mol. The number of nitrogens with one attached hydrogen (secondary N) is 1. The number of rotatable bonds is 6. The Morgan fingerprint density at radius 2 is 2.00 bits per heavy atom. The highest BCUT2D eigenvalue weighted by Crippen LogP contribution is 2.38. The van der Waals surface area contributed by atoms with E-state index in [1.807, 2.05) is 13.8 Å². The molecular weight excluding hydrogens is 322 g/mol. The average molecular weight is 342 g/mol. The maximum Gasteiger partial charge on any atom is 0.326 e. The van der Waals surface area contributed by atoms with Crippen molar-refractivity contribution in [3.63, 3.8) is 0 Å². The van der Waals surface area contributed by atoms with Gasteiger partial charge in [-0.15, -0.1) is 0 Å². The molecule has 7 heteroatoms. The molecule has 1 aliphatic heterocycles. The Bertz CT molecular complexity index is 602. The van der Waals surface area contributed by atoms with Crippen LogP contribution in [0.4, 0.5) is 0 Å². The van der Waals surface area contributed by atoms with Crippen LogP contribution < -0.4 is 14.8 Å². The van der Waals surface area contributed by atoms with E-state index in [0.717, 1.165) is 0 Å². The molecule has 126 valence electrons. The van der Waals surface area contributed by atoms with E-state index >= 15 is 0 Å². The maximum absolute atomic E-state index is 12.1. The Kier molecular flexibility index (Phi) is 5.71. The lowest BCUT2D eigenvalue weighted by molar-refractivity contribution is -0.142. The first-order valence-corrected chi connectivity index (χ1v) is 7.84. The summed E-state index contributed by atoms with van der Waals surface area (Å²) in [7, 11) is 0. The number of fused-ring (bicyclic) bond motifs is 1. The predicted octanol–water partition coefficient (Wildman–Crippen LogP) is 2.27. The van der Waals surface area contributed by atoms with Crippen LogP contribution in [-0.2, 0) is 16.0 Å². The lowest BCUT2D eigenvalue weighted by Gasteiger charge is -2.20. The molecular formula is C16H20ClNO5. The Balaban J connectivity index is 2.05. The van der Waals surface area contributed by atoms with Crippen molar-refractivity contribution < 1.29 is 24.2 Å². The van der Waals surface area contributed by atoms with Gasteiger partial charge in [-0.3, -0.25) is 4.79 Å². The molecule has 1 atom stereocenters. The van der Waals surface area contributed by atoms with Crippen LogP contribution >= 0.6 is 11.6 Å². The molecule has 0 saturated heterocycles. The van der Waals surface area contributed by atoms with Crippen LogP contribution in [0, 0.1) is 5.92 Å². The maximum atomic E-state index is 12.1. The summed E-state index contributed by atoms with van der Waals surface area (Å²) in [6.45, 7) is 4.67. The highest BCUT2D eigenvalue weighted by atomic mass is 35.5. The molecule has 23 heavy (non-hydrogen) atoms. The Morgan fingerprint density at radius 3 is 2.65 bits per heavy atom. The molecule has 1 aliphatic rings. The molecule has 2 N–H and O–H groups in total. The van der Waals surface area contributed by atoms with Gasteiger partial charge < -0.3 is 19.9 Å². The summed E-state index contributed by atoms with van der Waals surface area (Å²) in [4.78, 5) is 23.3. The molecule has 2 rings (SSSR count). The second kappa shape index (κ2) is 7.55. The summed E-state index contributed by atoms with van der Waals surface area (Å²) in [5.41, 5.74) is 0.644. The molecule has 1 amide bonds. The molecule has 0 radical (unpaired) electrons. The Morgan fingerprint density at radius 1 is 1.30 bits per heavy atom. The van der Waals surface area contributed by atoms with Crippen LogP contribution in [-0.4, -0.2) is 36.2 Å². The van der Waals surface area contributed by atoms with Crippen molar-refractivity contribution in [3.05, 3.63) is 22.7 Å². The largest absolute Gasteiger partial charge is 0.486 e. The number of carbonyl (C=O) groups excluding carboxylic acids is 1.